The highest BCUT2D eigenvalue weighted by Gasteiger charge is 2.32. The molecule has 2 unspecified atom stereocenters. The fourth-order valence-electron chi connectivity index (χ4n) is 1.81. The molecule has 0 fully saturated rings. The van der Waals surface area contributed by atoms with Crippen LogP contribution in [0.3, 0.4) is 0 Å². The van der Waals surface area contributed by atoms with Crippen LogP contribution in [-0.2, 0) is 10.3 Å². The van der Waals surface area contributed by atoms with Crippen molar-refractivity contribution in [3.63, 3.8) is 0 Å². The first-order chi connectivity index (χ1) is 9.10. The summed E-state index contributed by atoms with van der Waals surface area (Å²) in [6.07, 6.45) is 0.772. The molecule has 19 heavy (non-hydrogen) atoms. The summed E-state index contributed by atoms with van der Waals surface area (Å²) in [5, 5.41) is 6.00. The molecule has 0 spiro atoms. The first kappa shape index (κ1) is 14.2. The van der Waals surface area contributed by atoms with Crippen LogP contribution in [0.25, 0.3) is 0 Å². The minimum atomic E-state index is -0.522. The van der Waals surface area contributed by atoms with Gasteiger partial charge in [-0.2, -0.15) is 4.98 Å². The third kappa shape index (κ3) is 2.86. The molecule has 2 aromatic rings. The number of hydrogen-bond donors (Lipinski definition) is 1. The maximum atomic E-state index is 6.11. The zero-order valence-corrected chi connectivity index (χ0v) is 12.2. The van der Waals surface area contributed by atoms with Crippen molar-refractivity contribution in [1.29, 1.82) is 0 Å². The number of nitrogens with two attached hydrogens (primary N) is 1. The normalized spacial score (nSPS) is 16.2. The van der Waals surface area contributed by atoms with Crippen LogP contribution in [0.1, 0.15) is 49.8 Å². The van der Waals surface area contributed by atoms with Crippen molar-refractivity contribution >= 4 is 11.3 Å². The Morgan fingerprint density at radius 3 is 2.89 bits per heavy atom. The predicted octanol–water partition coefficient (Wildman–Crippen LogP) is 2.84. The Bertz CT molecular complexity index is 512. The van der Waals surface area contributed by atoms with Crippen LogP contribution in [-0.4, -0.2) is 16.7 Å². The Balaban J connectivity index is 2.23. The molecule has 6 heteroatoms. The van der Waals surface area contributed by atoms with E-state index < -0.39 is 5.60 Å². The molecule has 0 aliphatic rings. The Morgan fingerprint density at radius 2 is 2.32 bits per heavy atom. The van der Waals surface area contributed by atoms with Crippen LogP contribution in [0.2, 0.25) is 0 Å². The first-order valence-electron chi connectivity index (χ1n) is 6.37. The molecule has 2 atom stereocenters. The molecule has 0 saturated heterocycles. The van der Waals surface area contributed by atoms with Gasteiger partial charge in [0.15, 0.2) is 0 Å². The average molecular weight is 281 g/mol. The summed E-state index contributed by atoms with van der Waals surface area (Å²) in [5.41, 5.74) is 5.58. The molecule has 2 aromatic heterocycles. The van der Waals surface area contributed by atoms with E-state index in [1.54, 1.807) is 11.3 Å². The molecule has 0 bridgehead atoms. The van der Waals surface area contributed by atoms with E-state index in [-0.39, 0.29) is 6.04 Å². The highest BCUT2D eigenvalue weighted by atomic mass is 32.1. The van der Waals surface area contributed by atoms with Gasteiger partial charge in [-0.15, -0.1) is 11.3 Å². The molecular weight excluding hydrogens is 262 g/mol. The maximum absolute atomic E-state index is 6.11. The van der Waals surface area contributed by atoms with Crippen molar-refractivity contribution in [3.8, 4) is 0 Å². The average Bonchev–Trinajstić information content (AvgIpc) is 3.09. The second kappa shape index (κ2) is 5.81. The summed E-state index contributed by atoms with van der Waals surface area (Å²) in [7, 11) is 0. The zero-order chi connectivity index (χ0) is 13.9. The number of hydrogen-bond acceptors (Lipinski definition) is 6. The maximum Gasteiger partial charge on any atom is 0.249 e. The monoisotopic (exact) mass is 281 g/mol. The Kier molecular flexibility index (Phi) is 4.34. The summed E-state index contributed by atoms with van der Waals surface area (Å²) in [5.74, 6) is 0.982. The molecule has 104 valence electrons. The van der Waals surface area contributed by atoms with E-state index in [2.05, 4.69) is 10.1 Å². The zero-order valence-electron chi connectivity index (χ0n) is 11.4. The first-order valence-corrected chi connectivity index (χ1v) is 7.25. The lowest BCUT2D eigenvalue weighted by molar-refractivity contribution is -0.0403. The SMILES string of the molecule is CCOC(C)(CC)c1noc(C(N)c2cccs2)n1. The number of ether oxygens (including phenoxy) is 1. The van der Waals surface area contributed by atoms with Gasteiger partial charge in [0, 0.05) is 11.5 Å². The Morgan fingerprint density at radius 1 is 1.53 bits per heavy atom. The van der Waals surface area contributed by atoms with Crippen LogP contribution in [0.4, 0.5) is 0 Å². The number of aromatic nitrogens is 2. The molecule has 0 aliphatic carbocycles. The van der Waals surface area contributed by atoms with E-state index in [0.717, 1.165) is 11.3 Å². The molecule has 5 nitrogen and oxygen atoms in total. The summed E-state index contributed by atoms with van der Waals surface area (Å²) in [4.78, 5) is 5.41. The third-order valence-corrected chi connectivity index (χ3v) is 4.12. The van der Waals surface area contributed by atoms with Gasteiger partial charge in [-0.05, 0) is 31.7 Å². The van der Waals surface area contributed by atoms with Crippen molar-refractivity contribution in [2.75, 3.05) is 6.61 Å². The number of nitrogens with zero attached hydrogens (tertiary/aromatic N) is 2. The molecule has 0 aromatic carbocycles. The molecule has 0 aliphatic heterocycles. The molecule has 0 radical (unpaired) electrons. The van der Waals surface area contributed by atoms with Crippen LogP contribution >= 0.6 is 11.3 Å². The summed E-state index contributed by atoms with van der Waals surface area (Å²) in [6, 6.07) is 3.54. The second-order valence-corrected chi connectivity index (χ2v) is 5.45. The molecule has 2 rings (SSSR count). The van der Waals surface area contributed by atoms with Gasteiger partial charge in [0.25, 0.3) is 0 Å². The van der Waals surface area contributed by atoms with Gasteiger partial charge >= 0.3 is 0 Å². The van der Waals surface area contributed by atoms with Crippen molar-refractivity contribution in [3.05, 3.63) is 34.1 Å². The smallest absolute Gasteiger partial charge is 0.249 e. The Hall–Kier alpha value is -1.24. The van der Waals surface area contributed by atoms with Crippen molar-refractivity contribution < 1.29 is 9.26 Å². The van der Waals surface area contributed by atoms with Gasteiger partial charge in [-0.1, -0.05) is 18.1 Å². The minimum absolute atomic E-state index is 0.371. The van der Waals surface area contributed by atoms with Crippen LogP contribution in [0.15, 0.2) is 22.0 Å². The lowest BCUT2D eigenvalue weighted by Gasteiger charge is -2.23. The minimum Gasteiger partial charge on any atom is -0.367 e. The van der Waals surface area contributed by atoms with Gasteiger partial charge in [0.05, 0.1) is 0 Å². The molecule has 2 heterocycles. The fraction of sp³-hybridized carbons (Fsp3) is 0.538. The molecule has 0 saturated carbocycles. The molecule has 2 N–H and O–H groups in total. The highest BCUT2D eigenvalue weighted by molar-refractivity contribution is 7.10. The lowest BCUT2D eigenvalue weighted by atomic mass is 10.0. The van der Waals surface area contributed by atoms with Crippen molar-refractivity contribution in [2.45, 2.75) is 38.8 Å². The standard InChI is InChI=1S/C13H19N3O2S/c1-4-13(3,17-5-2)12-15-11(18-16-12)10(14)9-7-6-8-19-9/h6-8,10H,4-5,14H2,1-3H3. The van der Waals surface area contributed by atoms with E-state index in [1.807, 2.05) is 38.3 Å². The topological polar surface area (TPSA) is 74.2 Å². The van der Waals surface area contributed by atoms with Crippen LogP contribution in [0, 0.1) is 0 Å². The third-order valence-electron chi connectivity index (χ3n) is 3.17. The van der Waals surface area contributed by atoms with E-state index in [9.17, 15) is 0 Å². The predicted molar refractivity (Wildman–Crippen MR) is 73.9 cm³/mol. The molecular formula is C13H19N3O2S. The van der Waals surface area contributed by atoms with E-state index in [4.69, 9.17) is 15.0 Å². The summed E-state index contributed by atoms with van der Waals surface area (Å²) >= 11 is 1.57. The van der Waals surface area contributed by atoms with Gasteiger partial charge in [0.1, 0.15) is 11.6 Å². The summed E-state index contributed by atoms with van der Waals surface area (Å²) in [6.45, 7) is 6.55. The van der Waals surface area contributed by atoms with Gasteiger partial charge in [-0.25, -0.2) is 0 Å². The van der Waals surface area contributed by atoms with Crippen LogP contribution < -0.4 is 5.73 Å². The largest absolute Gasteiger partial charge is 0.367 e. The highest BCUT2D eigenvalue weighted by Crippen LogP contribution is 2.29. The summed E-state index contributed by atoms with van der Waals surface area (Å²) < 4.78 is 11.0. The van der Waals surface area contributed by atoms with E-state index >= 15 is 0 Å². The van der Waals surface area contributed by atoms with E-state index in [1.165, 1.54) is 0 Å². The molecule has 0 amide bonds. The second-order valence-electron chi connectivity index (χ2n) is 4.47. The van der Waals surface area contributed by atoms with Crippen molar-refractivity contribution in [2.24, 2.45) is 5.73 Å². The fourth-order valence-corrected chi connectivity index (χ4v) is 2.53. The van der Waals surface area contributed by atoms with Gasteiger partial charge in [-0.3, -0.25) is 0 Å². The quantitative estimate of drug-likeness (QED) is 0.881. The van der Waals surface area contributed by atoms with Crippen LogP contribution in [0.5, 0.6) is 0 Å². The number of rotatable bonds is 6. The number of thiophene rings is 1. The lowest BCUT2D eigenvalue weighted by Crippen LogP contribution is -2.26. The Labute approximate surface area is 116 Å². The van der Waals surface area contributed by atoms with Gasteiger partial charge in [0.2, 0.25) is 11.7 Å². The van der Waals surface area contributed by atoms with E-state index in [0.29, 0.717) is 18.3 Å². The van der Waals surface area contributed by atoms with Crippen molar-refractivity contribution in [1.82, 2.24) is 10.1 Å². The van der Waals surface area contributed by atoms with Gasteiger partial charge < -0.3 is 15.0 Å².